The first-order chi connectivity index (χ1) is 13.8. The number of benzene rings is 1. The first-order valence-corrected chi connectivity index (χ1v) is 10.9. The maximum absolute atomic E-state index is 13.3. The summed E-state index contributed by atoms with van der Waals surface area (Å²) >= 11 is 6.36. The lowest BCUT2D eigenvalue weighted by atomic mass is 9.83. The molecular weight excluding hydrogens is 396 g/mol. The molecule has 1 N–H and O–H groups in total. The van der Waals surface area contributed by atoms with Crippen molar-refractivity contribution < 1.29 is 18.7 Å². The van der Waals surface area contributed by atoms with Crippen molar-refractivity contribution in [2.45, 2.75) is 75.7 Å². The van der Waals surface area contributed by atoms with Gasteiger partial charge in [-0.2, -0.15) is 0 Å². The first kappa shape index (κ1) is 20.7. The Bertz CT molecular complexity index is 907. The van der Waals surface area contributed by atoms with Crippen molar-refractivity contribution in [1.82, 2.24) is 4.98 Å². The third kappa shape index (κ3) is 4.61. The average Bonchev–Trinajstić information content (AvgIpc) is 3.13. The van der Waals surface area contributed by atoms with Gasteiger partial charge in [-0.3, -0.25) is 9.78 Å². The molecule has 0 saturated heterocycles. The molecule has 1 heterocycles. The van der Waals surface area contributed by atoms with E-state index in [2.05, 4.69) is 0 Å². The largest absolute Gasteiger partial charge is 0.393 e. The van der Waals surface area contributed by atoms with E-state index in [1.165, 1.54) is 0 Å². The molecule has 1 aromatic carbocycles. The number of aliphatic hydroxyl groups excluding tert-OH is 1. The number of hydrogen-bond donors (Lipinski definition) is 1. The van der Waals surface area contributed by atoms with Crippen LogP contribution in [0.4, 0.5) is 8.78 Å². The third-order valence-electron chi connectivity index (χ3n) is 6.56. The fraction of sp³-hybridized carbons (Fsp3) is 0.565. The fourth-order valence-corrected chi connectivity index (χ4v) is 5.05. The van der Waals surface area contributed by atoms with Crippen molar-refractivity contribution in [2.75, 3.05) is 0 Å². The molecule has 1 aromatic heterocycles. The van der Waals surface area contributed by atoms with Gasteiger partial charge in [-0.25, -0.2) is 8.78 Å². The number of carbonyl (C=O) groups excluding carboxylic acids is 1. The monoisotopic (exact) mass is 421 g/mol. The molecule has 2 unspecified atom stereocenters. The Morgan fingerprint density at radius 1 is 1.14 bits per heavy atom. The SMILES string of the molecule is O=C(CCC1CCC(F)(F)CC1)c1c(Cl)ccc2nc(C3CCC(O)C3)ccc12. The molecule has 4 rings (SSSR count). The molecule has 6 heteroatoms. The predicted octanol–water partition coefficient (Wildman–Crippen LogP) is 6.31. The van der Waals surface area contributed by atoms with Crippen molar-refractivity contribution in [1.29, 1.82) is 0 Å². The molecular formula is C23H26ClF2NO2. The van der Waals surface area contributed by atoms with Gasteiger partial charge in [-0.15, -0.1) is 0 Å². The summed E-state index contributed by atoms with van der Waals surface area (Å²) in [5, 5.41) is 10.9. The smallest absolute Gasteiger partial charge is 0.248 e. The van der Waals surface area contributed by atoms with Crippen LogP contribution in [0.1, 0.15) is 79.8 Å². The van der Waals surface area contributed by atoms with E-state index in [1.54, 1.807) is 6.07 Å². The Kier molecular flexibility index (Phi) is 5.90. The van der Waals surface area contributed by atoms with Gasteiger partial charge in [0.25, 0.3) is 0 Å². The van der Waals surface area contributed by atoms with E-state index in [0.29, 0.717) is 36.3 Å². The number of ketones is 1. The van der Waals surface area contributed by atoms with Gasteiger partial charge >= 0.3 is 0 Å². The fourth-order valence-electron chi connectivity index (χ4n) is 4.78. The number of carbonyl (C=O) groups is 1. The summed E-state index contributed by atoms with van der Waals surface area (Å²) in [7, 11) is 0. The second-order valence-electron chi connectivity index (χ2n) is 8.65. The van der Waals surface area contributed by atoms with Gasteiger partial charge in [0.05, 0.1) is 16.6 Å². The second-order valence-corrected chi connectivity index (χ2v) is 9.06. The number of pyridine rings is 1. The first-order valence-electron chi connectivity index (χ1n) is 10.5. The Balaban J connectivity index is 1.50. The summed E-state index contributed by atoms with van der Waals surface area (Å²) in [5.41, 5.74) is 2.16. The number of alkyl halides is 2. The van der Waals surface area contributed by atoms with Crippen LogP contribution in [0.3, 0.4) is 0 Å². The van der Waals surface area contributed by atoms with E-state index in [4.69, 9.17) is 16.6 Å². The van der Waals surface area contributed by atoms with Crippen LogP contribution in [-0.4, -0.2) is 27.9 Å². The van der Waals surface area contributed by atoms with Crippen LogP contribution in [0.15, 0.2) is 24.3 Å². The minimum absolute atomic E-state index is 0.0521. The number of fused-ring (bicyclic) bond motifs is 1. The highest BCUT2D eigenvalue weighted by Crippen LogP contribution is 2.39. The molecule has 0 bridgehead atoms. The minimum atomic E-state index is -2.54. The summed E-state index contributed by atoms with van der Waals surface area (Å²) < 4.78 is 26.7. The molecule has 0 radical (unpaired) electrons. The quantitative estimate of drug-likeness (QED) is 0.576. The zero-order chi connectivity index (χ0) is 20.6. The highest BCUT2D eigenvalue weighted by atomic mass is 35.5. The number of Topliss-reactive ketones (excluding diaryl/α,β-unsaturated/α-hetero) is 1. The van der Waals surface area contributed by atoms with Gasteiger partial charge < -0.3 is 5.11 Å². The lowest BCUT2D eigenvalue weighted by Gasteiger charge is -2.28. The summed E-state index contributed by atoms with van der Waals surface area (Å²) in [5.74, 6) is -2.18. The Hall–Kier alpha value is -1.59. The lowest BCUT2D eigenvalue weighted by molar-refractivity contribution is -0.0464. The molecule has 2 aliphatic rings. The van der Waals surface area contributed by atoms with Crippen LogP contribution in [0, 0.1) is 5.92 Å². The molecule has 0 aliphatic heterocycles. The molecule has 2 aliphatic carbocycles. The molecule has 2 aromatic rings. The van der Waals surface area contributed by atoms with Crippen molar-refractivity contribution in [3.05, 3.63) is 40.5 Å². The van der Waals surface area contributed by atoms with Crippen LogP contribution in [0.2, 0.25) is 5.02 Å². The van der Waals surface area contributed by atoms with Crippen LogP contribution >= 0.6 is 11.6 Å². The zero-order valence-electron chi connectivity index (χ0n) is 16.3. The standard InChI is InChI=1S/C23H26ClF2NO2/c24-18-5-7-20-17(4-6-19(27-20)15-2-3-16(28)13-15)22(18)21(29)8-1-14-9-11-23(25,26)12-10-14/h4-7,14-16,28H,1-3,8-13H2. The number of nitrogens with zero attached hydrogens (tertiary/aromatic N) is 1. The van der Waals surface area contributed by atoms with Crippen molar-refractivity contribution in [3.63, 3.8) is 0 Å². The van der Waals surface area contributed by atoms with E-state index < -0.39 is 5.92 Å². The summed E-state index contributed by atoms with van der Waals surface area (Å²) in [6.07, 6.45) is 3.88. The number of rotatable bonds is 5. The summed E-state index contributed by atoms with van der Waals surface area (Å²) in [4.78, 5) is 17.7. The van der Waals surface area contributed by atoms with Crippen molar-refractivity contribution in [2.24, 2.45) is 5.92 Å². The Morgan fingerprint density at radius 2 is 1.90 bits per heavy atom. The number of hydrogen-bond acceptors (Lipinski definition) is 3. The molecule has 2 saturated carbocycles. The molecule has 0 amide bonds. The van der Waals surface area contributed by atoms with Gasteiger partial charge in [0.2, 0.25) is 5.92 Å². The van der Waals surface area contributed by atoms with Crippen LogP contribution in [-0.2, 0) is 0 Å². The molecule has 0 spiro atoms. The van der Waals surface area contributed by atoms with Crippen molar-refractivity contribution >= 4 is 28.3 Å². The third-order valence-corrected chi connectivity index (χ3v) is 6.88. The number of aromatic nitrogens is 1. The molecule has 2 fully saturated rings. The van der Waals surface area contributed by atoms with Gasteiger partial charge in [-0.1, -0.05) is 17.7 Å². The maximum Gasteiger partial charge on any atom is 0.248 e. The number of aliphatic hydroxyl groups is 1. The van der Waals surface area contributed by atoms with Gasteiger partial charge in [0.1, 0.15) is 0 Å². The maximum atomic E-state index is 13.3. The molecule has 3 nitrogen and oxygen atoms in total. The lowest BCUT2D eigenvalue weighted by Crippen LogP contribution is -2.24. The van der Waals surface area contributed by atoms with E-state index in [9.17, 15) is 18.7 Å². The average molecular weight is 422 g/mol. The van der Waals surface area contributed by atoms with E-state index >= 15 is 0 Å². The topological polar surface area (TPSA) is 50.2 Å². The second kappa shape index (κ2) is 8.27. The van der Waals surface area contributed by atoms with E-state index in [1.807, 2.05) is 18.2 Å². The summed E-state index contributed by atoms with van der Waals surface area (Å²) in [6, 6.07) is 7.37. The van der Waals surface area contributed by atoms with Crippen LogP contribution in [0.5, 0.6) is 0 Å². The van der Waals surface area contributed by atoms with Gasteiger partial charge in [0, 0.05) is 41.8 Å². The van der Waals surface area contributed by atoms with E-state index in [-0.39, 0.29) is 36.6 Å². The van der Waals surface area contributed by atoms with Crippen LogP contribution in [0.25, 0.3) is 10.9 Å². The van der Waals surface area contributed by atoms with Gasteiger partial charge in [-0.05, 0) is 62.6 Å². The molecule has 156 valence electrons. The molecule has 29 heavy (non-hydrogen) atoms. The Morgan fingerprint density at radius 3 is 2.59 bits per heavy atom. The Labute approximate surface area is 174 Å². The predicted molar refractivity (Wildman–Crippen MR) is 110 cm³/mol. The zero-order valence-corrected chi connectivity index (χ0v) is 17.1. The van der Waals surface area contributed by atoms with Crippen LogP contribution < -0.4 is 0 Å². The minimum Gasteiger partial charge on any atom is -0.393 e. The highest BCUT2D eigenvalue weighted by molar-refractivity contribution is 6.35. The van der Waals surface area contributed by atoms with E-state index in [0.717, 1.165) is 35.9 Å². The number of halogens is 3. The molecule has 2 atom stereocenters. The summed E-state index contributed by atoms with van der Waals surface area (Å²) in [6.45, 7) is 0. The van der Waals surface area contributed by atoms with Crippen molar-refractivity contribution in [3.8, 4) is 0 Å². The highest BCUT2D eigenvalue weighted by Gasteiger charge is 2.35. The van der Waals surface area contributed by atoms with Gasteiger partial charge in [0.15, 0.2) is 5.78 Å². The normalized spacial score (nSPS) is 24.8.